The molecule has 0 aliphatic carbocycles. The van der Waals surface area contributed by atoms with Crippen LogP contribution in [0, 0.1) is 6.92 Å². The number of hydrogen-bond donors (Lipinski definition) is 0. The minimum absolute atomic E-state index is 1.32. The van der Waals surface area contributed by atoms with Crippen LogP contribution >= 0.6 is 0 Å². The number of rotatable bonds is 0. The van der Waals surface area contributed by atoms with E-state index in [2.05, 4.69) is 24.0 Å². The second kappa shape index (κ2) is 14.4. The van der Waals surface area contributed by atoms with E-state index in [0.29, 0.717) is 0 Å². The maximum Gasteiger partial charge on any atom is 0.0943 e. The van der Waals surface area contributed by atoms with Gasteiger partial charge in [-0.25, -0.2) is 4.98 Å². The lowest BCUT2D eigenvalue weighted by Gasteiger charge is -1.82. The Bertz CT molecular complexity index is 312. The zero-order valence-corrected chi connectivity index (χ0v) is 12.0. The van der Waals surface area contributed by atoms with Crippen molar-refractivity contribution in [1.82, 2.24) is 9.55 Å². The van der Waals surface area contributed by atoms with Crippen molar-refractivity contribution in [2.24, 2.45) is 7.05 Å². The molecule has 0 atom stereocenters. The van der Waals surface area contributed by atoms with Gasteiger partial charge in [0.05, 0.1) is 6.33 Å². The molecule has 0 fully saturated rings. The monoisotopic (exact) mass is 234 g/mol. The zero-order valence-electron chi connectivity index (χ0n) is 12.0. The van der Waals surface area contributed by atoms with Crippen LogP contribution in [-0.2, 0) is 7.05 Å². The number of nitrogens with zero attached hydrogens (tertiary/aromatic N) is 2. The topological polar surface area (TPSA) is 17.8 Å². The number of aromatic nitrogens is 2. The van der Waals surface area contributed by atoms with Crippen molar-refractivity contribution in [3.8, 4) is 0 Å². The molecule has 0 saturated carbocycles. The molecule has 2 heteroatoms. The van der Waals surface area contributed by atoms with Gasteiger partial charge in [0.15, 0.2) is 0 Å². The number of imidazole rings is 1. The Morgan fingerprint density at radius 3 is 1.65 bits per heavy atom. The lowest BCUT2D eigenvalue weighted by atomic mass is 10.2. The van der Waals surface area contributed by atoms with E-state index >= 15 is 0 Å². The molecule has 0 saturated heterocycles. The van der Waals surface area contributed by atoms with Gasteiger partial charge in [-0.1, -0.05) is 63.6 Å². The Kier molecular flexibility index (Phi) is 15.1. The summed E-state index contributed by atoms with van der Waals surface area (Å²) in [4.78, 5) is 3.78. The average molecular weight is 234 g/mol. The summed E-state index contributed by atoms with van der Waals surface area (Å²) in [7, 11) is 1.94. The molecule has 0 N–H and O–H groups in total. The van der Waals surface area contributed by atoms with Gasteiger partial charge in [-0.2, -0.15) is 0 Å². The maximum atomic E-state index is 3.78. The first-order valence-electron chi connectivity index (χ1n) is 6.22. The molecule has 0 radical (unpaired) electrons. The highest BCUT2D eigenvalue weighted by molar-refractivity contribution is 5.11. The zero-order chi connectivity index (χ0) is 13.5. The number of benzene rings is 1. The van der Waals surface area contributed by atoms with E-state index in [9.17, 15) is 0 Å². The van der Waals surface area contributed by atoms with Crippen molar-refractivity contribution in [3.05, 3.63) is 54.6 Å². The standard InChI is InChI=1S/C7H8.C4H6N2.2C2H6/c1-7-5-3-2-4-6-7;1-6-3-2-5-4-6;2*1-2/h2-6H,1H3;2-4H,1H3;2*1-2H3. The summed E-state index contributed by atoms with van der Waals surface area (Å²) >= 11 is 0. The fourth-order valence-corrected chi connectivity index (χ4v) is 0.860. The third kappa shape index (κ3) is 12.4. The van der Waals surface area contributed by atoms with Gasteiger partial charge < -0.3 is 4.57 Å². The molecule has 0 bridgehead atoms. The van der Waals surface area contributed by atoms with Crippen molar-refractivity contribution in [2.75, 3.05) is 0 Å². The maximum absolute atomic E-state index is 3.78. The summed E-state index contributed by atoms with van der Waals surface area (Å²) in [5.41, 5.74) is 1.32. The molecule has 0 unspecified atom stereocenters. The molecule has 2 aromatic rings. The van der Waals surface area contributed by atoms with Crippen LogP contribution in [0.4, 0.5) is 0 Å². The predicted molar refractivity (Wildman–Crippen MR) is 77.1 cm³/mol. The molecular formula is C15H26N2. The predicted octanol–water partition coefficient (Wildman–Crippen LogP) is 4.47. The molecule has 2 nitrogen and oxygen atoms in total. The molecule has 0 aliphatic heterocycles. The Hall–Kier alpha value is -1.57. The van der Waals surface area contributed by atoms with Crippen molar-refractivity contribution in [2.45, 2.75) is 34.6 Å². The van der Waals surface area contributed by atoms with Crippen LogP contribution in [0.5, 0.6) is 0 Å². The van der Waals surface area contributed by atoms with Crippen LogP contribution in [0.2, 0.25) is 0 Å². The summed E-state index contributed by atoms with van der Waals surface area (Å²) in [6.07, 6.45) is 5.39. The van der Waals surface area contributed by atoms with Crippen molar-refractivity contribution in [1.29, 1.82) is 0 Å². The Labute approximate surface area is 106 Å². The van der Waals surface area contributed by atoms with Crippen molar-refractivity contribution < 1.29 is 0 Å². The SMILES string of the molecule is CC.CC.Cc1ccccc1.Cn1ccnc1. The van der Waals surface area contributed by atoms with E-state index in [4.69, 9.17) is 0 Å². The Morgan fingerprint density at radius 2 is 1.47 bits per heavy atom. The second-order valence-corrected chi connectivity index (χ2v) is 2.88. The third-order valence-electron chi connectivity index (χ3n) is 1.58. The van der Waals surface area contributed by atoms with Gasteiger partial charge in [0.25, 0.3) is 0 Å². The largest absolute Gasteiger partial charge is 0.341 e. The number of hydrogen-bond acceptors (Lipinski definition) is 1. The van der Waals surface area contributed by atoms with Crippen molar-refractivity contribution in [3.63, 3.8) is 0 Å². The highest BCUT2D eigenvalue weighted by atomic mass is 15.0. The van der Waals surface area contributed by atoms with Gasteiger partial charge in [0.2, 0.25) is 0 Å². The first-order chi connectivity index (χ1) is 8.29. The third-order valence-corrected chi connectivity index (χ3v) is 1.58. The van der Waals surface area contributed by atoms with Gasteiger partial charge in [0.1, 0.15) is 0 Å². The highest BCUT2D eigenvalue weighted by Gasteiger charge is 1.72. The van der Waals surface area contributed by atoms with E-state index in [1.807, 2.05) is 63.7 Å². The fourth-order valence-electron chi connectivity index (χ4n) is 0.860. The molecule has 96 valence electrons. The molecule has 0 aliphatic rings. The minimum atomic E-state index is 1.32. The second-order valence-electron chi connectivity index (χ2n) is 2.88. The first-order valence-corrected chi connectivity index (χ1v) is 6.22. The minimum Gasteiger partial charge on any atom is -0.341 e. The fraction of sp³-hybridized carbons (Fsp3) is 0.400. The molecule has 17 heavy (non-hydrogen) atoms. The van der Waals surface area contributed by atoms with E-state index in [1.165, 1.54) is 5.56 Å². The van der Waals surface area contributed by atoms with E-state index in [-0.39, 0.29) is 0 Å². The number of aryl methyl sites for hydroxylation is 2. The van der Waals surface area contributed by atoms with Gasteiger partial charge in [-0.3, -0.25) is 0 Å². The molecule has 1 aromatic carbocycles. The van der Waals surface area contributed by atoms with Crippen molar-refractivity contribution >= 4 is 0 Å². The summed E-state index contributed by atoms with van der Waals surface area (Å²) in [5, 5.41) is 0. The first kappa shape index (κ1) is 17.8. The summed E-state index contributed by atoms with van der Waals surface area (Å²) in [6.45, 7) is 10.1. The van der Waals surface area contributed by atoms with Gasteiger partial charge in [0, 0.05) is 19.4 Å². The molecule has 2 rings (SSSR count). The quantitative estimate of drug-likeness (QED) is 0.657. The van der Waals surface area contributed by atoms with E-state index in [0.717, 1.165) is 0 Å². The van der Waals surface area contributed by atoms with Crippen LogP contribution in [-0.4, -0.2) is 9.55 Å². The van der Waals surface area contributed by atoms with Crippen LogP contribution in [0.1, 0.15) is 33.3 Å². The molecule has 0 amide bonds. The van der Waals surface area contributed by atoms with Crippen LogP contribution in [0.15, 0.2) is 49.1 Å². The lowest BCUT2D eigenvalue weighted by molar-refractivity contribution is 0.913. The molecule has 1 aromatic heterocycles. The van der Waals surface area contributed by atoms with Crippen LogP contribution in [0.25, 0.3) is 0 Å². The van der Waals surface area contributed by atoms with Gasteiger partial charge >= 0.3 is 0 Å². The summed E-state index contributed by atoms with van der Waals surface area (Å²) in [6, 6.07) is 10.3. The highest BCUT2D eigenvalue weighted by Crippen LogP contribution is 1.92. The van der Waals surface area contributed by atoms with E-state index < -0.39 is 0 Å². The normalized spacial score (nSPS) is 7.41. The summed E-state index contributed by atoms with van der Waals surface area (Å²) in [5.74, 6) is 0. The Balaban J connectivity index is 0. The summed E-state index contributed by atoms with van der Waals surface area (Å²) < 4.78 is 1.89. The molecular weight excluding hydrogens is 208 g/mol. The average Bonchev–Trinajstić information content (AvgIpc) is 2.87. The smallest absolute Gasteiger partial charge is 0.0943 e. The van der Waals surface area contributed by atoms with Crippen LogP contribution in [0.3, 0.4) is 0 Å². The molecule has 1 heterocycles. The van der Waals surface area contributed by atoms with Crippen LogP contribution < -0.4 is 0 Å². The lowest BCUT2D eigenvalue weighted by Crippen LogP contribution is -1.76. The van der Waals surface area contributed by atoms with Gasteiger partial charge in [-0.15, -0.1) is 0 Å². The molecule has 0 spiro atoms. The Morgan fingerprint density at radius 1 is 0.941 bits per heavy atom. The van der Waals surface area contributed by atoms with E-state index in [1.54, 1.807) is 12.5 Å². The van der Waals surface area contributed by atoms with Gasteiger partial charge in [-0.05, 0) is 6.92 Å².